The fraction of sp³-hybridized carbons (Fsp3) is 0.875. The molecule has 0 bridgehead atoms. The fourth-order valence-corrected chi connectivity index (χ4v) is 1.73. The standard InChI is InChI=1S/C8H13N/c1-2-4-7(3-1)5-8-6-9-8/h7H,1-6H2. The molecule has 1 aliphatic heterocycles. The van der Waals surface area contributed by atoms with Crippen LogP contribution in [0.5, 0.6) is 0 Å². The van der Waals surface area contributed by atoms with E-state index in [2.05, 4.69) is 4.99 Å². The molecule has 1 nitrogen and oxygen atoms in total. The normalized spacial score (nSPS) is 26.4. The molecular weight excluding hydrogens is 110 g/mol. The third kappa shape index (κ3) is 1.32. The van der Waals surface area contributed by atoms with Crippen molar-refractivity contribution in [3.05, 3.63) is 0 Å². The predicted molar refractivity (Wildman–Crippen MR) is 38.9 cm³/mol. The summed E-state index contributed by atoms with van der Waals surface area (Å²) < 4.78 is 0. The van der Waals surface area contributed by atoms with Crippen LogP contribution in [0.1, 0.15) is 32.1 Å². The smallest absolute Gasteiger partial charge is 0.0768 e. The van der Waals surface area contributed by atoms with Gasteiger partial charge in [0.15, 0.2) is 0 Å². The molecule has 0 saturated heterocycles. The molecule has 0 N–H and O–H groups in total. The Morgan fingerprint density at radius 1 is 1.33 bits per heavy atom. The van der Waals surface area contributed by atoms with Crippen LogP contribution in [0.4, 0.5) is 0 Å². The van der Waals surface area contributed by atoms with E-state index in [1.165, 1.54) is 37.8 Å². The van der Waals surface area contributed by atoms with E-state index in [0.717, 1.165) is 12.5 Å². The van der Waals surface area contributed by atoms with Crippen LogP contribution in [-0.4, -0.2) is 12.3 Å². The van der Waals surface area contributed by atoms with Gasteiger partial charge in [-0.05, 0) is 12.3 Å². The predicted octanol–water partition coefficient (Wildman–Crippen LogP) is 2.02. The van der Waals surface area contributed by atoms with Crippen molar-refractivity contribution in [2.75, 3.05) is 6.54 Å². The van der Waals surface area contributed by atoms with E-state index in [4.69, 9.17) is 0 Å². The second kappa shape index (κ2) is 2.13. The van der Waals surface area contributed by atoms with E-state index >= 15 is 0 Å². The third-order valence-corrected chi connectivity index (χ3v) is 2.38. The highest BCUT2D eigenvalue weighted by atomic mass is 14.9. The number of hydrogen-bond donors (Lipinski definition) is 0. The first-order valence-electron chi connectivity index (χ1n) is 3.97. The van der Waals surface area contributed by atoms with Crippen LogP contribution in [0.15, 0.2) is 4.99 Å². The average molecular weight is 123 g/mol. The monoisotopic (exact) mass is 123 g/mol. The zero-order chi connectivity index (χ0) is 6.10. The Kier molecular flexibility index (Phi) is 1.29. The third-order valence-electron chi connectivity index (χ3n) is 2.38. The summed E-state index contributed by atoms with van der Waals surface area (Å²) in [5.41, 5.74) is 1.49. The average Bonchev–Trinajstić information content (AvgIpc) is 2.46. The largest absolute Gasteiger partial charge is 0.286 e. The topological polar surface area (TPSA) is 12.4 Å². The molecule has 0 spiro atoms. The van der Waals surface area contributed by atoms with E-state index in [1.807, 2.05) is 0 Å². The molecule has 0 aromatic carbocycles. The molecule has 1 fully saturated rings. The molecule has 0 atom stereocenters. The zero-order valence-corrected chi connectivity index (χ0v) is 5.77. The highest BCUT2D eigenvalue weighted by Gasteiger charge is 2.20. The van der Waals surface area contributed by atoms with Crippen molar-refractivity contribution < 1.29 is 0 Å². The molecule has 0 radical (unpaired) electrons. The molecule has 2 aliphatic rings. The van der Waals surface area contributed by atoms with Gasteiger partial charge in [-0.2, -0.15) is 0 Å². The minimum Gasteiger partial charge on any atom is -0.286 e. The minimum atomic E-state index is 1.02. The molecule has 2 rings (SSSR count). The lowest BCUT2D eigenvalue weighted by molar-refractivity contribution is 0.576. The van der Waals surface area contributed by atoms with Crippen LogP contribution in [0.3, 0.4) is 0 Å². The first-order valence-corrected chi connectivity index (χ1v) is 3.97. The Morgan fingerprint density at radius 3 is 2.56 bits per heavy atom. The Morgan fingerprint density at radius 2 is 2.00 bits per heavy atom. The van der Waals surface area contributed by atoms with Gasteiger partial charge >= 0.3 is 0 Å². The Labute approximate surface area is 56.2 Å². The molecule has 1 heteroatoms. The van der Waals surface area contributed by atoms with E-state index in [9.17, 15) is 0 Å². The van der Waals surface area contributed by atoms with Gasteiger partial charge in [0.2, 0.25) is 0 Å². The maximum Gasteiger partial charge on any atom is 0.0768 e. The second-order valence-corrected chi connectivity index (χ2v) is 3.24. The molecule has 50 valence electrons. The molecule has 0 aromatic heterocycles. The van der Waals surface area contributed by atoms with Crippen molar-refractivity contribution in [1.82, 2.24) is 0 Å². The van der Waals surface area contributed by atoms with Crippen molar-refractivity contribution >= 4 is 5.71 Å². The highest BCUT2D eigenvalue weighted by molar-refractivity contribution is 5.96. The van der Waals surface area contributed by atoms with Crippen molar-refractivity contribution in [2.45, 2.75) is 32.1 Å². The Bertz CT molecular complexity index is 132. The molecule has 1 aliphatic carbocycles. The Hall–Kier alpha value is -0.330. The highest BCUT2D eigenvalue weighted by Crippen LogP contribution is 2.29. The number of rotatable bonds is 2. The van der Waals surface area contributed by atoms with E-state index < -0.39 is 0 Å². The molecule has 0 amide bonds. The van der Waals surface area contributed by atoms with Gasteiger partial charge in [0, 0.05) is 5.71 Å². The summed E-state index contributed by atoms with van der Waals surface area (Å²) >= 11 is 0. The van der Waals surface area contributed by atoms with Gasteiger partial charge in [0.25, 0.3) is 0 Å². The van der Waals surface area contributed by atoms with Gasteiger partial charge in [-0.1, -0.05) is 25.7 Å². The van der Waals surface area contributed by atoms with Crippen LogP contribution in [0.2, 0.25) is 0 Å². The van der Waals surface area contributed by atoms with Crippen molar-refractivity contribution in [2.24, 2.45) is 10.9 Å². The van der Waals surface area contributed by atoms with Gasteiger partial charge in [-0.15, -0.1) is 0 Å². The lowest BCUT2D eigenvalue weighted by Gasteiger charge is -2.01. The maximum atomic E-state index is 4.18. The molecule has 1 saturated carbocycles. The quantitative estimate of drug-likeness (QED) is 0.532. The summed E-state index contributed by atoms with van der Waals surface area (Å²) in [5.74, 6) is 1.02. The van der Waals surface area contributed by atoms with Crippen LogP contribution in [0, 0.1) is 5.92 Å². The van der Waals surface area contributed by atoms with Gasteiger partial charge < -0.3 is 0 Å². The summed E-state index contributed by atoms with van der Waals surface area (Å²) in [7, 11) is 0. The second-order valence-electron chi connectivity index (χ2n) is 3.24. The molecular formula is C8H13N. The van der Waals surface area contributed by atoms with Crippen LogP contribution >= 0.6 is 0 Å². The van der Waals surface area contributed by atoms with E-state index in [0.29, 0.717) is 0 Å². The fourth-order valence-electron chi connectivity index (χ4n) is 1.73. The number of hydrogen-bond acceptors (Lipinski definition) is 1. The van der Waals surface area contributed by atoms with Crippen LogP contribution in [0.25, 0.3) is 0 Å². The van der Waals surface area contributed by atoms with Gasteiger partial charge in [0.05, 0.1) is 6.54 Å². The van der Waals surface area contributed by atoms with Gasteiger partial charge in [-0.3, -0.25) is 4.99 Å². The van der Waals surface area contributed by atoms with Crippen molar-refractivity contribution in [1.29, 1.82) is 0 Å². The summed E-state index contributed by atoms with van der Waals surface area (Å²) in [4.78, 5) is 4.18. The van der Waals surface area contributed by atoms with E-state index in [-0.39, 0.29) is 0 Å². The first-order chi connectivity index (χ1) is 4.45. The lowest BCUT2D eigenvalue weighted by Crippen LogP contribution is -1.96. The molecule has 0 unspecified atom stereocenters. The van der Waals surface area contributed by atoms with Crippen LogP contribution < -0.4 is 0 Å². The summed E-state index contributed by atoms with van der Waals surface area (Å²) in [5, 5.41) is 0. The van der Waals surface area contributed by atoms with Gasteiger partial charge in [0.1, 0.15) is 0 Å². The Balaban J connectivity index is 1.77. The summed E-state index contributed by atoms with van der Waals surface area (Å²) in [6.45, 7) is 1.09. The van der Waals surface area contributed by atoms with E-state index in [1.54, 1.807) is 0 Å². The summed E-state index contributed by atoms with van der Waals surface area (Å²) in [6, 6.07) is 0. The van der Waals surface area contributed by atoms with Crippen molar-refractivity contribution in [3.63, 3.8) is 0 Å². The number of aliphatic imine (C=N–C) groups is 1. The van der Waals surface area contributed by atoms with Gasteiger partial charge in [-0.25, -0.2) is 0 Å². The molecule has 1 heterocycles. The van der Waals surface area contributed by atoms with Crippen LogP contribution in [-0.2, 0) is 0 Å². The van der Waals surface area contributed by atoms with Crippen molar-refractivity contribution in [3.8, 4) is 0 Å². The lowest BCUT2D eigenvalue weighted by atomic mass is 10.0. The summed E-state index contributed by atoms with van der Waals surface area (Å²) in [6.07, 6.45) is 7.22. The maximum absolute atomic E-state index is 4.18. The zero-order valence-electron chi connectivity index (χ0n) is 5.77. The SMILES string of the molecule is C1CCC(CC2=NC2)C1. The number of nitrogens with zero attached hydrogens (tertiary/aromatic N) is 1. The first kappa shape index (κ1) is 5.45. The minimum absolute atomic E-state index is 1.02. The molecule has 0 aromatic rings. The molecule has 9 heavy (non-hydrogen) atoms.